The third-order valence-electron chi connectivity index (χ3n) is 6.40. The molecule has 1 aromatic carbocycles. The number of hydrogen-bond acceptors (Lipinski definition) is 5. The molecule has 2 aromatic rings. The number of benzene rings is 1. The van der Waals surface area contributed by atoms with Crippen molar-refractivity contribution in [2.45, 2.75) is 26.0 Å². The van der Waals surface area contributed by atoms with Crippen molar-refractivity contribution in [3.63, 3.8) is 0 Å². The zero-order valence-corrected chi connectivity index (χ0v) is 17.0. The third kappa shape index (κ3) is 2.26. The van der Waals surface area contributed by atoms with Crippen LogP contribution in [0.4, 0.5) is 0 Å². The number of nitrogens with zero attached hydrogens (tertiary/aromatic N) is 3. The summed E-state index contributed by atoms with van der Waals surface area (Å²) in [6.45, 7) is 8.06. The Bertz CT molecular complexity index is 892. The van der Waals surface area contributed by atoms with E-state index in [1.54, 1.807) is 11.3 Å². The molecule has 138 valence electrons. The molecule has 6 heteroatoms. The quantitative estimate of drug-likeness (QED) is 0.719. The molecule has 26 heavy (non-hydrogen) atoms. The van der Waals surface area contributed by atoms with Gasteiger partial charge in [-0.25, -0.2) is 0 Å². The van der Waals surface area contributed by atoms with Crippen molar-refractivity contribution in [1.29, 1.82) is 0 Å². The van der Waals surface area contributed by atoms with Crippen molar-refractivity contribution < 1.29 is 4.84 Å². The van der Waals surface area contributed by atoms with Crippen LogP contribution in [0.2, 0.25) is 5.02 Å². The van der Waals surface area contributed by atoms with Gasteiger partial charge in [0.2, 0.25) is 5.72 Å². The smallest absolute Gasteiger partial charge is 0.219 e. The Balaban J connectivity index is 1.52. The molecule has 0 radical (unpaired) electrons. The zero-order valence-electron chi connectivity index (χ0n) is 15.4. The maximum Gasteiger partial charge on any atom is 0.219 e. The second-order valence-electron chi connectivity index (χ2n) is 8.24. The lowest BCUT2D eigenvalue weighted by atomic mass is 9.72. The largest absolute Gasteiger partial charge is 0.364 e. The van der Waals surface area contributed by atoms with Crippen molar-refractivity contribution >= 4 is 38.9 Å². The lowest BCUT2D eigenvalue weighted by Crippen LogP contribution is -2.67. The highest BCUT2D eigenvalue weighted by molar-refractivity contribution is 7.21. The molecule has 4 heterocycles. The van der Waals surface area contributed by atoms with Gasteiger partial charge in [0.15, 0.2) is 5.84 Å². The molecule has 5 atom stereocenters. The van der Waals surface area contributed by atoms with Crippen LogP contribution in [0.1, 0.15) is 25.1 Å². The van der Waals surface area contributed by atoms with Crippen molar-refractivity contribution in [2.24, 2.45) is 22.9 Å². The van der Waals surface area contributed by atoms with Crippen LogP contribution in [0.25, 0.3) is 10.1 Å². The van der Waals surface area contributed by atoms with E-state index in [1.807, 2.05) is 12.1 Å². The van der Waals surface area contributed by atoms with Gasteiger partial charge in [-0.05, 0) is 29.9 Å². The Morgan fingerprint density at radius 1 is 1.27 bits per heavy atom. The Morgan fingerprint density at radius 2 is 2.12 bits per heavy atom. The number of rotatable bonds is 1. The van der Waals surface area contributed by atoms with Crippen LogP contribution in [-0.4, -0.2) is 48.0 Å². The Labute approximate surface area is 163 Å². The van der Waals surface area contributed by atoms with Gasteiger partial charge >= 0.3 is 0 Å². The molecule has 4 nitrogen and oxygen atoms in total. The number of fused-ring (bicyclic) bond motifs is 4. The zero-order chi connectivity index (χ0) is 18.1. The number of oxime groups is 1. The lowest BCUT2D eigenvalue weighted by Gasteiger charge is -2.54. The maximum absolute atomic E-state index is 6.38. The summed E-state index contributed by atoms with van der Waals surface area (Å²) in [5.74, 6) is 2.56. The lowest BCUT2D eigenvalue weighted by molar-refractivity contribution is -0.211. The summed E-state index contributed by atoms with van der Waals surface area (Å²) in [7, 11) is 2.16. The molecular weight excluding hydrogens is 366 g/mol. The SMILES string of the molecule is CC1CC2CN(C1)CC(C)C21ON=C(c2cc3cccc(Cl)c3s2)N1C. The molecule has 0 aliphatic carbocycles. The molecule has 0 saturated carbocycles. The summed E-state index contributed by atoms with van der Waals surface area (Å²) in [6.07, 6.45) is 1.20. The van der Waals surface area contributed by atoms with Gasteiger partial charge in [0, 0.05) is 38.5 Å². The molecule has 5 unspecified atom stereocenters. The summed E-state index contributed by atoms with van der Waals surface area (Å²) in [4.78, 5) is 12.3. The average molecular weight is 390 g/mol. The molecule has 3 aliphatic heterocycles. The second kappa shape index (κ2) is 5.85. The first kappa shape index (κ1) is 16.8. The van der Waals surface area contributed by atoms with E-state index < -0.39 is 0 Å². The van der Waals surface area contributed by atoms with Gasteiger partial charge in [0.05, 0.1) is 14.6 Å². The van der Waals surface area contributed by atoms with Crippen LogP contribution in [0.3, 0.4) is 0 Å². The summed E-state index contributed by atoms with van der Waals surface area (Å²) in [6, 6.07) is 8.24. The van der Waals surface area contributed by atoms with Crippen LogP contribution in [-0.2, 0) is 4.84 Å². The maximum atomic E-state index is 6.38. The molecule has 0 N–H and O–H groups in total. The minimum Gasteiger partial charge on any atom is -0.364 e. The fourth-order valence-corrected chi connectivity index (χ4v) is 6.73. The molecule has 0 amide bonds. The van der Waals surface area contributed by atoms with Gasteiger partial charge in [0.25, 0.3) is 0 Å². The normalized spacial score (nSPS) is 36.5. The molecule has 2 saturated heterocycles. The van der Waals surface area contributed by atoms with Crippen molar-refractivity contribution in [2.75, 3.05) is 26.7 Å². The number of piperidine rings is 2. The van der Waals surface area contributed by atoms with Crippen LogP contribution >= 0.6 is 22.9 Å². The van der Waals surface area contributed by atoms with Crippen LogP contribution in [0.15, 0.2) is 29.4 Å². The monoisotopic (exact) mass is 389 g/mol. The molecule has 2 fully saturated rings. The second-order valence-corrected chi connectivity index (χ2v) is 9.70. The Morgan fingerprint density at radius 3 is 2.92 bits per heavy atom. The minimum atomic E-state index is -0.319. The number of amidine groups is 1. The minimum absolute atomic E-state index is 0.319. The van der Waals surface area contributed by atoms with Gasteiger partial charge < -0.3 is 14.6 Å². The van der Waals surface area contributed by atoms with E-state index >= 15 is 0 Å². The highest BCUT2D eigenvalue weighted by Crippen LogP contribution is 2.48. The first-order valence-corrected chi connectivity index (χ1v) is 10.6. The third-order valence-corrected chi connectivity index (χ3v) is 8.00. The van der Waals surface area contributed by atoms with E-state index in [0.29, 0.717) is 17.8 Å². The van der Waals surface area contributed by atoms with Gasteiger partial charge in [0.1, 0.15) is 0 Å². The first-order valence-electron chi connectivity index (χ1n) is 9.40. The van der Waals surface area contributed by atoms with E-state index in [-0.39, 0.29) is 5.72 Å². The van der Waals surface area contributed by atoms with E-state index in [2.05, 4.69) is 48.0 Å². The predicted octanol–water partition coefficient (Wildman–Crippen LogP) is 4.48. The standard InChI is InChI=1S/C20H24ClN3OS/c1-12-7-15-11-24(9-12)10-13(2)20(15)23(3)19(22-25-20)17-8-14-5-4-6-16(21)18(14)26-17/h4-6,8,12-13,15H,7,9-11H2,1-3H3. The first-order chi connectivity index (χ1) is 12.5. The summed E-state index contributed by atoms with van der Waals surface area (Å²) in [5.41, 5.74) is -0.319. The fourth-order valence-electron chi connectivity index (χ4n) is 5.35. The van der Waals surface area contributed by atoms with Gasteiger partial charge in [-0.15, -0.1) is 11.3 Å². The number of halogens is 1. The van der Waals surface area contributed by atoms with E-state index in [0.717, 1.165) is 33.5 Å². The number of hydrogen-bond donors (Lipinski definition) is 0. The fraction of sp³-hybridized carbons (Fsp3) is 0.550. The van der Waals surface area contributed by atoms with Crippen LogP contribution < -0.4 is 0 Å². The van der Waals surface area contributed by atoms with E-state index in [9.17, 15) is 0 Å². The molecule has 5 rings (SSSR count). The molecule has 2 bridgehead atoms. The molecule has 1 spiro atoms. The Hall–Kier alpha value is -1.30. The van der Waals surface area contributed by atoms with Crippen molar-refractivity contribution in [3.05, 3.63) is 34.2 Å². The summed E-state index contributed by atoms with van der Waals surface area (Å²) < 4.78 is 1.12. The van der Waals surface area contributed by atoms with Crippen molar-refractivity contribution in [3.8, 4) is 0 Å². The van der Waals surface area contributed by atoms with Gasteiger partial charge in [-0.2, -0.15) is 0 Å². The average Bonchev–Trinajstić information content (AvgIpc) is 3.16. The van der Waals surface area contributed by atoms with E-state index in [4.69, 9.17) is 16.4 Å². The van der Waals surface area contributed by atoms with Gasteiger partial charge in [-0.1, -0.05) is 42.7 Å². The predicted molar refractivity (Wildman–Crippen MR) is 108 cm³/mol. The molecule has 1 aromatic heterocycles. The highest BCUT2D eigenvalue weighted by Gasteiger charge is 2.58. The summed E-state index contributed by atoms with van der Waals surface area (Å²) >= 11 is 8.09. The van der Waals surface area contributed by atoms with E-state index in [1.165, 1.54) is 18.4 Å². The topological polar surface area (TPSA) is 28.1 Å². The number of thiophene rings is 1. The van der Waals surface area contributed by atoms with Gasteiger partial charge in [-0.3, -0.25) is 0 Å². The van der Waals surface area contributed by atoms with Crippen molar-refractivity contribution in [1.82, 2.24) is 9.80 Å². The van der Waals surface area contributed by atoms with Crippen LogP contribution in [0, 0.1) is 17.8 Å². The highest BCUT2D eigenvalue weighted by atomic mass is 35.5. The Kier molecular flexibility index (Phi) is 3.79. The summed E-state index contributed by atoms with van der Waals surface area (Å²) in [5, 5.41) is 6.58. The van der Waals surface area contributed by atoms with Crippen LogP contribution in [0.5, 0.6) is 0 Å². The molecule has 3 aliphatic rings. The molecular formula is C20H24ClN3OS.